The first-order valence-electron chi connectivity index (χ1n) is 7.08. The number of nitrogens with zero attached hydrogens (tertiary/aromatic N) is 2. The third kappa shape index (κ3) is 2.99. The lowest BCUT2D eigenvalue weighted by atomic mass is 9.94. The first-order valence-corrected chi connectivity index (χ1v) is 8.50. The first-order chi connectivity index (χ1) is 9.76. The van der Waals surface area contributed by atoms with Crippen molar-refractivity contribution in [3.63, 3.8) is 0 Å². The van der Waals surface area contributed by atoms with Gasteiger partial charge in [0.15, 0.2) is 0 Å². The molecule has 1 aliphatic heterocycles. The maximum Gasteiger partial charge on any atom is 0.0946 e. The fourth-order valence-electron chi connectivity index (χ4n) is 2.87. The van der Waals surface area contributed by atoms with Crippen molar-refractivity contribution >= 4 is 28.6 Å². The summed E-state index contributed by atoms with van der Waals surface area (Å²) in [4.78, 5) is 7.05. The molecule has 2 aromatic rings. The molecule has 0 N–H and O–H groups in total. The van der Waals surface area contributed by atoms with Crippen LogP contribution in [0.3, 0.4) is 0 Å². The van der Waals surface area contributed by atoms with Gasteiger partial charge in [-0.05, 0) is 24.0 Å². The van der Waals surface area contributed by atoms with E-state index in [4.69, 9.17) is 11.6 Å². The number of hydrogen-bond acceptors (Lipinski definition) is 3. The van der Waals surface area contributed by atoms with E-state index < -0.39 is 0 Å². The highest BCUT2D eigenvalue weighted by molar-refractivity contribution is 7.09. The summed E-state index contributed by atoms with van der Waals surface area (Å²) < 4.78 is 0. The van der Waals surface area contributed by atoms with E-state index in [1.54, 1.807) is 11.3 Å². The largest absolute Gasteiger partial charge is 0.371 e. The topological polar surface area (TPSA) is 16.1 Å². The molecule has 4 heteroatoms. The van der Waals surface area contributed by atoms with Gasteiger partial charge >= 0.3 is 0 Å². The zero-order valence-corrected chi connectivity index (χ0v) is 13.3. The molecule has 0 aliphatic carbocycles. The monoisotopic (exact) mass is 306 g/mol. The van der Waals surface area contributed by atoms with Crippen molar-refractivity contribution in [2.24, 2.45) is 5.92 Å². The van der Waals surface area contributed by atoms with E-state index in [-0.39, 0.29) is 0 Å². The Labute approximate surface area is 129 Å². The number of benzene rings is 1. The number of aromatic nitrogens is 1. The average Bonchev–Trinajstić information content (AvgIpc) is 2.92. The lowest BCUT2D eigenvalue weighted by Gasteiger charge is -2.34. The van der Waals surface area contributed by atoms with E-state index >= 15 is 0 Å². The Morgan fingerprint density at radius 2 is 2.25 bits per heavy atom. The number of fused-ring (bicyclic) bond motifs is 1. The molecule has 1 aromatic heterocycles. The van der Waals surface area contributed by atoms with Gasteiger partial charge in [0.05, 0.1) is 16.6 Å². The van der Waals surface area contributed by atoms with Crippen LogP contribution in [-0.4, -0.2) is 18.1 Å². The Morgan fingerprint density at radius 1 is 1.40 bits per heavy atom. The minimum atomic E-state index is 0.514. The number of hydrogen-bond donors (Lipinski definition) is 0. The van der Waals surface area contributed by atoms with Crippen LogP contribution in [0.5, 0.6) is 0 Å². The maximum absolute atomic E-state index is 5.81. The molecule has 0 spiro atoms. The molecule has 1 aliphatic rings. The van der Waals surface area contributed by atoms with Crippen LogP contribution < -0.4 is 4.90 Å². The van der Waals surface area contributed by atoms with E-state index in [2.05, 4.69) is 46.5 Å². The van der Waals surface area contributed by atoms with Gasteiger partial charge in [-0.15, -0.1) is 22.9 Å². The van der Waals surface area contributed by atoms with Crippen LogP contribution in [0, 0.1) is 5.92 Å². The zero-order chi connectivity index (χ0) is 13.9. The van der Waals surface area contributed by atoms with Crippen LogP contribution in [0.1, 0.15) is 23.2 Å². The zero-order valence-electron chi connectivity index (χ0n) is 11.7. The Kier molecular flexibility index (Phi) is 4.27. The van der Waals surface area contributed by atoms with Gasteiger partial charge in [0.1, 0.15) is 0 Å². The average molecular weight is 307 g/mol. The summed E-state index contributed by atoms with van der Waals surface area (Å²) in [5, 5.41) is 3.26. The fraction of sp³-hybridized carbons (Fsp3) is 0.438. The second-order valence-corrected chi connectivity index (χ2v) is 6.71. The molecule has 0 saturated carbocycles. The Hall–Kier alpha value is -1.06. The van der Waals surface area contributed by atoms with Crippen molar-refractivity contribution in [1.82, 2.24) is 4.98 Å². The van der Waals surface area contributed by atoms with E-state index in [9.17, 15) is 0 Å². The number of anilines is 1. The summed E-state index contributed by atoms with van der Waals surface area (Å²) in [5.74, 6) is 1.24. The van der Waals surface area contributed by atoms with E-state index in [1.807, 2.05) is 0 Å². The Balaban J connectivity index is 1.71. The van der Waals surface area contributed by atoms with Crippen LogP contribution >= 0.6 is 22.9 Å². The molecule has 0 fully saturated rings. The van der Waals surface area contributed by atoms with Gasteiger partial charge < -0.3 is 4.90 Å². The molecule has 1 aromatic carbocycles. The van der Waals surface area contributed by atoms with E-state index in [1.165, 1.54) is 22.7 Å². The minimum absolute atomic E-state index is 0.514. The quantitative estimate of drug-likeness (QED) is 0.790. The number of rotatable bonds is 4. The molecule has 0 bridgehead atoms. The molecule has 20 heavy (non-hydrogen) atoms. The summed E-state index contributed by atoms with van der Waals surface area (Å²) in [6, 6.07) is 8.78. The van der Waals surface area contributed by atoms with Crippen LogP contribution in [-0.2, 0) is 18.7 Å². The molecule has 0 saturated heterocycles. The van der Waals surface area contributed by atoms with Gasteiger partial charge in [0, 0.05) is 30.6 Å². The van der Waals surface area contributed by atoms with Crippen LogP contribution in [0.2, 0.25) is 0 Å². The lowest BCUT2D eigenvalue weighted by molar-refractivity contribution is 0.531. The van der Waals surface area contributed by atoms with Gasteiger partial charge in [0.2, 0.25) is 0 Å². The molecule has 106 valence electrons. The summed E-state index contributed by atoms with van der Waals surface area (Å²) in [5.41, 5.74) is 3.88. The van der Waals surface area contributed by atoms with Crippen LogP contribution in [0.15, 0.2) is 29.6 Å². The van der Waals surface area contributed by atoms with Gasteiger partial charge in [0.25, 0.3) is 0 Å². The molecule has 0 radical (unpaired) electrons. The predicted molar refractivity (Wildman–Crippen MR) is 86.9 cm³/mol. The number of para-hydroxylation sites is 1. The molecule has 1 atom stereocenters. The van der Waals surface area contributed by atoms with E-state index in [0.717, 1.165) is 31.1 Å². The third-order valence-electron chi connectivity index (χ3n) is 3.76. The molecule has 0 amide bonds. The van der Waals surface area contributed by atoms with Crippen molar-refractivity contribution in [3.05, 3.63) is 45.9 Å². The fourth-order valence-corrected chi connectivity index (χ4v) is 3.89. The first kappa shape index (κ1) is 13.9. The summed E-state index contributed by atoms with van der Waals surface area (Å²) in [6.45, 7) is 4.51. The van der Waals surface area contributed by atoms with E-state index in [0.29, 0.717) is 5.88 Å². The second-order valence-electron chi connectivity index (χ2n) is 5.50. The van der Waals surface area contributed by atoms with Gasteiger partial charge in [-0.25, -0.2) is 4.98 Å². The van der Waals surface area contributed by atoms with Crippen molar-refractivity contribution in [2.75, 3.05) is 18.0 Å². The third-order valence-corrected chi connectivity index (χ3v) is 5.00. The normalized spacial score (nSPS) is 18.1. The van der Waals surface area contributed by atoms with Gasteiger partial charge in [-0.1, -0.05) is 25.1 Å². The molecule has 1 unspecified atom stereocenters. The molecule has 2 heterocycles. The molecular formula is C16H19ClN2S. The summed E-state index contributed by atoms with van der Waals surface area (Å²) in [7, 11) is 0. The highest BCUT2D eigenvalue weighted by atomic mass is 35.5. The summed E-state index contributed by atoms with van der Waals surface area (Å²) >= 11 is 7.53. The number of thiazole rings is 1. The van der Waals surface area contributed by atoms with Gasteiger partial charge in [-0.2, -0.15) is 0 Å². The number of alkyl halides is 1. The van der Waals surface area contributed by atoms with Crippen LogP contribution in [0.25, 0.3) is 0 Å². The number of halogens is 1. The molecule has 3 rings (SSSR count). The maximum atomic E-state index is 5.81. The Bertz CT molecular complexity index is 581. The van der Waals surface area contributed by atoms with Crippen molar-refractivity contribution in [1.29, 1.82) is 0 Å². The second kappa shape index (κ2) is 6.15. The SMILES string of the molecule is CC1Cc2ccccc2N(CCc2nc(CCl)cs2)C1. The summed E-state index contributed by atoms with van der Waals surface area (Å²) in [6.07, 6.45) is 2.20. The highest BCUT2D eigenvalue weighted by Gasteiger charge is 2.21. The minimum Gasteiger partial charge on any atom is -0.371 e. The van der Waals surface area contributed by atoms with Crippen molar-refractivity contribution in [2.45, 2.75) is 25.6 Å². The Morgan fingerprint density at radius 3 is 3.05 bits per heavy atom. The lowest BCUT2D eigenvalue weighted by Crippen LogP contribution is -2.35. The molecule has 2 nitrogen and oxygen atoms in total. The predicted octanol–water partition coefficient (Wildman–Crippen LogP) is 4.12. The highest BCUT2D eigenvalue weighted by Crippen LogP contribution is 2.29. The van der Waals surface area contributed by atoms with Crippen LogP contribution in [0.4, 0.5) is 5.69 Å². The van der Waals surface area contributed by atoms with Crippen molar-refractivity contribution in [3.8, 4) is 0 Å². The molecular weight excluding hydrogens is 288 g/mol. The standard InChI is InChI=1S/C16H19ClN2S/c1-12-8-13-4-2-3-5-15(13)19(10-12)7-6-16-18-14(9-17)11-20-16/h2-5,11-12H,6-10H2,1H3. The van der Waals surface area contributed by atoms with Gasteiger partial charge in [-0.3, -0.25) is 0 Å². The smallest absolute Gasteiger partial charge is 0.0946 e. The van der Waals surface area contributed by atoms with Crippen molar-refractivity contribution < 1.29 is 0 Å².